The van der Waals surface area contributed by atoms with Crippen LogP contribution in [0.15, 0.2) is 46.5 Å². The molecular weight excluding hydrogens is 352 g/mol. The lowest BCUT2D eigenvalue weighted by Crippen LogP contribution is -2.29. The van der Waals surface area contributed by atoms with E-state index in [4.69, 9.17) is 10.7 Å². The van der Waals surface area contributed by atoms with Crippen LogP contribution in [0.2, 0.25) is 0 Å². The van der Waals surface area contributed by atoms with Crippen molar-refractivity contribution in [1.82, 2.24) is 4.90 Å². The molecule has 0 amide bonds. The van der Waals surface area contributed by atoms with Gasteiger partial charge in [0.25, 0.3) is 0 Å². The molecule has 6 nitrogen and oxygen atoms in total. The number of hydrogen-bond acceptors (Lipinski definition) is 6. The third-order valence-electron chi connectivity index (χ3n) is 5.14. The number of aromatic hydroxyl groups is 2. The molecule has 0 saturated carbocycles. The molecule has 0 unspecified atom stereocenters. The predicted molar refractivity (Wildman–Crippen MR) is 109 cm³/mol. The van der Waals surface area contributed by atoms with Gasteiger partial charge in [0.15, 0.2) is 0 Å². The summed E-state index contributed by atoms with van der Waals surface area (Å²) in [6.45, 7) is 1.32. The quantitative estimate of drug-likeness (QED) is 0.683. The lowest BCUT2D eigenvalue weighted by molar-refractivity contribution is 0.419. The van der Waals surface area contributed by atoms with Gasteiger partial charge in [0, 0.05) is 28.7 Å². The lowest BCUT2D eigenvalue weighted by atomic mass is 9.99. The summed E-state index contributed by atoms with van der Waals surface area (Å²) in [6, 6.07) is 8.88. The molecule has 0 spiro atoms. The van der Waals surface area contributed by atoms with Gasteiger partial charge < -0.3 is 20.8 Å². The zero-order valence-corrected chi connectivity index (χ0v) is 16.1. The van der Waals surface area contributed by atoms with Gasteiger partial charge in [-0.25, -0.2) is 4.99 Å². The van der Waals surface area contributed by atoms with Crippen molar-refractivity contribution in [2.24, 2.45) is 15.7 Å². The third kappa shape index (κ3) is 3.00. The Labute approximate surface area is 163 Å². The Morgan fingerprint density at radius 2 is 1.86 bits per heavy atom. The van der Waals surface area contributed by atoms with Gasteiger partial charge in [0.05, 0.1) is 16.4 Å². The number of phenols is 2. The van der Waals surface area contributed by atoms with Crippen LogP contribution in [0, 0.1) is 0 Å². The minimum atomic E-state index is 0.205. The first-order valence-corrected chi connectivity index (χ1v) is 9.40. The second kappa shape index (κ2) is 7.22. The molecule has 2 aliphatic heterocycles. The summed E-state index contributed by atoms with van der Waals surface area (Å²) in [5.74, 6) is 0.432. The molecule has 2 aliphatic rings. The second-order valence-electron chi connectivity index (χ2n) is 7.34. The summed E-state index contributed by atoms with van der Waals surface area (Å²) in [4.78, 5) is 11.5. The van der Waals surface area contributed by atoms with Crippen LogP contribution < -0.4 is 26.9 Å². The molecule has 0 fully saturated rings. The maximum Gasteiger partial charge on any atom is 0.125 e. The highest BCUT2D eigenvalue weighted by Gasteiger charge is 2.20. The molecule has 0 bridgehead atoms. The van der Waals surface area contributed by atoms with Gasteiger partial charge in [-0.3, -0.25) is 4.99 Å². The molecule has 0 aliphatic carbocycles. The summed E-state index contributed by atoms with van der Waals surface area (Å²) in [5.41, 5.74) is 9.32. The minimum absolute atomic E-state index is 0.205. The van der Waals surface area contributed by atoms with Gasteiger partial charge in [0.2, 0.25) is 0 Å². The first kappa shape index (κ1) is 18.4. The average molecular weight is 376 g/mol. The van der Waals surface area contributed by atoms with Crippen LogP contribution in [-0.2, 0) is 0 Å². The highest BCUT2D eigenvalue weighted by atomic mass is 16.3. The van der Waals surface area contributed by atoms with Crippen molar-refractivity contribution in [2.75, 3.05) is 27.2 Å². The standard InChI is InChI=1S/C22H24N4O2/c1-26(2)11-9-13-12-24-22-15(6-7-18(28)19(13)22)21-14(8-10-23)20-16(25-21)4-3-5-17(20)27/h3-7,12,27-28H,8-11,23H2,1-2H3. The minimum Gasteiger partial charge on any atom is -0.507 e. The van der Waals surface area contributed by atoms with Crippen molar-refractivity contribution in [3.8, 4) is 11.5 Å². The Kier molecular flexibility index (Phi) is 4.75. The Balaban J connectivity index is 1.97. The smallest absolute Gasteiger partial charge is 0.125 e. The van der Waals surface area contributed by atoms with E-state index < -0.39 is 0 Å². The molecule has 6 heteroatoms. The van der Waals surface area contributed by atoms with Crippen LogP contribution in [0.3, 0.4) is 0 Å². The molecule has 0 radical (unpaired) electrons. The molecule has 2 aromatic carbocycles. The Bertz CT molecular complexity index is 1230. The van der Waals surface area contributed by atoms with E-state index >= 15 is 0 Å². The van der Waals surface area contributed by atoms with Crippen molar-refractivity contribution < 1.29 is 10.2 Å². The van der Waals surface area contributed by atoms with Crippen molar-refractivity contribution in [1.29, 1.82) is 0 Å². The van der Waals surface area contributed by atoms with Gasteiger partial charge in [0.1, 0.15) is 11.5 Å². The lowest BCUT2D eigenvalue weighted by Gasteiger charge is -2.11. The fourth-order valence-corrected chi connectivity index (χ4v) is 3.81. The molecule has 0 atom stereocenters. The van der Waals surface area contributed by atoms with Crippen molar-refractivity contribution >= 4 is 16.8 Å². The molecule has 2 heterocycles. The molecule has 4 rings (SSSR count). The van der Waals surface area contributed by atoms with Gasteiger partial charge >= 0.3 is 0 Å². The van der Waals surface area contributed by atoms with Crippen LogP contribution in [-0.4, -0.2) is 42.3 Å². The molecule has 4 N–H and O–H groups in total. The summed E-state index contributed by atoms with van der Waals surface area (Å²) >= 11 is 0. The fourth-order valence-electron chi connectivity index (χ4n) is 3.81. The predicted octanol–water partition coefficient (Wildman–Crippen LogP) is -0.0353. The van der Waals surface area contributed by atoms with Crippen LogP contribution in [0.25, 0.3) is 16.8 Å². The number of nitrogens with zero attached hydrogens (tertiary/aromatic N) is 3. The molecule has 2 aromatic rings. The summed E-state index contributed by atoms with van der Waals surface area (Å²) in [7, 11) is 4.05. The van der Waals surface area contributed by atoms with Gasteiger partial charge in [-0.05, 0) is 68.9 Å². The highest BCUT2D eigenvalue weighted by molar-refractivity contribution is 5.90. The van der Waals surface area contributed by atoms with Gasteiger partial charge in [-0.2, -0.15) is 0 Å². The maximum absolute atomic E-state index is 10.5. The van der Waals surface area contributed by atoms with Gasteiger partial charge in [-0.15, -0.1) is 0 Å². The average Bonchev–Trinajstić information content (AvgIpc) is 3.24. The maximum atomic E-state index is 10.5. The van der Waals surface area contributed by atoms with E-state index in [9.17, 15) is 10.2 Å². The Hall–Kier alpha value is -2.96. The zero-order chi connectivity index (χ0) is 19.8. The number of hydrogen-bond donors (Lipinski definition) is 3. The van der Waals surface area contributed by atoms with Crippen molar-refractivity contribution in [3.05, 3.63) is 63.2 Å². The van der Waals surface area contributed by atoms with Crippen LogP contribution in [0.1, 0.15) is 18.4 Å². The number of phenolic OH excluding ortho intramolecular Hbond substituents is 2. The van der Waals surface area contributed by atoms with Crippen LogP contribution >= 0.6 is 0 Å². The van der Waals surface area contributed by atoms with E-state index in [0.717, 1.165) is 56.5 Å². The van der Waals surface area contributed by atoms with Crippen LogP contribution in [0.4, 0.5) is 0 Å². The third-order valence-corrected chi connectivity index (χ3v) is 5.14. The number of rotatable bonds is 5. The Morgan fingerprint density at radius 1 is 1.04 bits per heavy atom. The fraction of sp³-hybridized carbons (Fsp3) is 0.273. The molecule has 0 saturated heterocycles. The summed E-state index contributed by atoms with van der Waals surface area (Å²) in [5, 5.41) is 23.9. The molecular formula is C22H24N4O2. The Morgan fingerprint density at radius 3 is 2.61 bits per heavy atom. The molecule has 144 valence electrons. The van der Waals surface area contributed by atoms with E-state index in [2.05, 4.69) is 9.89 Å². The van der Waals surface area contributed by atoms with E-state index in [0.29, 0.717) is 13.0 Å². The summed E-state index contributed by atoms with van der Waals surface area (Å²) in [6.07, 6.45) is 3.23. The monoisotopic (exact) mass is 376 g/mol. The normalized spacial score (nSPS) is 16.6. The number of benzene rings is 2. The zero-order valence-electron chi connectivity index (χ0n) is 16.1. The van der Waals surface area contributed by atoms with E-state index in [1.54, 1.807) is 18.2 Å². The van der Waals surface area contributed by atoms with E-state index in [-0.39, 0.29) is 11.5 Å². The van der Waals surface area contributed by atoms with E-state index in [1.807, 2.05) is 32.4 Å². The topological polar surface area (TPSA) is 94.4 Å². The first-order valence-electron chi connectivity index (χ1n) is 9.40. The largest absolute Gasteiger partial charge is 0.507 e. The number of fused-ring (bicyclic) bond motifs is 2. The molecule has 28 heavy (non-hydrogen) atoms. The van der Waals surface area contributed by atoms with Crippen molar-refractivity contribution in [3.63, 3.8) is 0 Å². The SMILES string of the molecule is CN(C)CCC1=CN=c2c1c(O)ccc2=C1N=c2cccc(O)c2=C1CCN. The van der Waals surface area contributed by atoms with Crippen LogP contribution in [0.5, 0.6) is 11.5 Å². The van der Waals surface area contributed by atoms with Crippen molar-refractivity contribution in [2.45, 2.75) is 12.8 Å². The van der Waals surface area contributed by atoms with Gasteiger partial charge in [-0.1, -0.05) is 6.07 Å². The first-order chi connectivity index (χ1) is 13.5. The highest BCUT2D eigenvalue weighted by Crippen LogP contribution is 2.27. The molecule has 0 aromatic heterocycles. The number of nitrogens with two attached hydrogens (primary N) is 1. The second-order valence-corrected chi connectivity index (χ2v) is 7.34. The van der Waals surface area contributed by atoms with E-state index in [1.165, 1.54) is 0 Å². The summed E-state index contributed by atoms with van der Waals surface area (Å²) < 4.78 is 0.